The predicted octanol–water partition coefficient (Wildman–Crippen LogP) is -0.803. The summed E-state index contributed by atoms with van der Waals surface area (Å²) in [4.78, 5) is 35.3. The zero-order valence-corrected chi connectivity index (χ0v) is 8.97. The zero-order valence-electron chi connectivity index (χ0n) is 8.97. The van der Waals surface area contributed by atoms with E-state index in [9.17, 15) is 14.4 Å². The summed E-state index contributed by atoms with van der Waals surface area (Å²) in [5.41, 5.74) is 0. The van der Waals surface area contributed by atoms with E-state index in [0.717, 1.165) is 6.42 Å². The minimum atomic E-state index is -0.919. The number of carbonyl (C=O) groups excluding carboxylic acids is 2. The van der Waals surface area contributed by atoms with Crippen molar-refractivity contribution < 1.29 is 19.5 Å². The second-order valence-electron chi connectivity index (χ2n) is 4.42. The van der Waals surface area contributed by atoms with Crippen LogP contribution in [0, 0.1) is 5.92 Å². The lowest BCUT2D eigenvalue weighted by Crippen LogP contribution is -2.48. The zero-order chi connectivity index (χ0) is 11.9. The molecule has 2 N–H and O–H groups in total. The molecule has 2 fully saturated rings. The van der Waals surface area contributed by atoms with E-state index in [1.807, 2.05) is 6.92 Å². The third-order valence-corrected chi connectivity index (χ3v) is 3.34. The Balaban J connectivity index is 2.18. The van der Waals surface area contributed by atoms with Crippen LogP contribution in [-0.4, -0.2) is 46.4 Å². The number of nitrogens with one attached hydrogen (secondary N) is 1. The van der Waals surface area contributed by atoms with Crippen LogP contribution in [0.2, 0.25) is 0 Å². The third kappa shape index (κ3) is 1.69. The summed E-state index contributed by atoms with van der Waals surface area (Å²) in [6.45, 7) is 2.41. The average molecular weight is 226 g/mol. The van der Waals surface area contributed by atoms with Crippen LogP contribution in [0.3, 0.4) is 0 Å². The second-order valence-corrected chi connectivity index (χ2v) is 4.42. The number of carboxylic acids is 1. The van der Waals surface area contributed by atoms with Crippen LogP contribution in [0.25, 0.3) is 0 Å². The van der Waals surface area contributed by atoms with Crippen molar-refractivity contribution in [3.8, 4) is 0 Å². The summed E-state index contributed by atoms with van der Waals surface area (Å²) >= 11 is 0. The van der Waals surface area contributed by atoms with Gasteiger partial charge in [0.05, 0.1) is 12.5 Å². The molecule has 6 heteroatoms. The first-order chi connectivity index (χ1) is 7.50. The first-order valence-corrected chi connectivity index (χ1v) is 5.33. The van der Waals surface area contributed by atoms with Gasteiger partial charge in [-0.05, 0) is 12.3 Å². The fourth-order valence-electron chi connectivity index (χ4n) is 2.52. The highest BCUT2D eigenvalue weighted by Crippen LogP contribution is 2.28. The van der Waals surface area contributed by atoms with Crippen LogP contribution in [0.5, 0.6) is 0 Å². The molecule has 2 saturated heterocycles. The third-order valence-electron chi connectivity index (χ3n) is 3.34. The summed E-state index contributed by atoms with van der Waals surface area (Å²) in [5, 5.41) is 11.3. The number of hydrogen-bond acceptors (Lipinski definition) is 4. The molecule has 16 heavy (non-hydrogen) atoms. The van der Waals surface area contributed by atoms with Gasteiger partial charge in [-0.2, -0.15) is 0 Å². The molecule has 0 radical (unpaired) electrons. The van der Waals surface area contributed by atoms with Gasteiger partial charge in [0.15, 0.2) is 0 Å². The van der Waals surface area contributed by atoms with Gasteiger partial charge in [0.25, 0.3) is 0 Å². The van der Waals surface area contributed by atoms with Gasteiger partial charge in [-0.25, -0.2) is 0 Å². The van der Waals surface area contributed by atoms with Crippen LogP contribution in [0.4, 0.5) is 0 Å². The Morgan fingerprint density at radius 1 is 1.50 bits per heavy atom. The van der Waals surface area contributed by atoms with Crippen molar-refractivity contribution >= 4 is 17.8 Å². The maximum Gasteiger partial charge on any atom is 0.321 e. The SMILES string of the molecule is CC1CCN(C2CC(=O)NC2=O)C1C(=O)O. The number of carboxylic acid groups (broad SMARTS) is 1. The van der Waals surface area contributed by atoms with E-state index in [4.69, 9.17) is 5.11 Å². The van der Waals surface area contributed by atoms with E-state index in [1.54, 1.807) is 4.90 Å². The Morgan fingerprint density at radius 2 is 2.19 bits per heavy atom. The number of imide groups is 1. The first-order valence-electron chi connectivity index (χ1n) is 5.33. The molecule has 0 saturated carbocycles. The maximum atomic E-state index is 11.5. The van der Waals surface area contributed by atoms with Gasteiger partial charge in [-0.3, -0.25) is 24.6 Å². The van der Waals surface area contributed by atoms with Crippen molar-refractivity contribution in [1.29, 1.82) is 0 Å². The number of amides is 2. The molecule has 0 aliphatic carbocycles. The van der Waals surface area contributed by atoms with E-state index in [2.05, 4.69) is 5.32 Å². The van der Waals surface area contributed by atoms with Gasteiger partial charge < -0.3 is 5.11 Å². The molecular formula is C10H14N2O4. The molecule has 2 rings (SSSR count). The van der Waals surface area contributed by atoms with Gasteiger partial charge in [0.2, 0.25) is 11.8 Å². The fraction of sp³-hybridized carbons (Fsp3) is 0.700. The van der Waals surface area contributed by atoms with E-state index in [0.29, 0.717) is 6.54 Å². The average Bonchev–Trinajstić information content (AvgIpc) is 2.69. The van der Waals surface area contributed by atoms with Gasteiger partial charge in [0.1, 0.15) is 6.04 Å². The molecule has 6 nitrogen and oxygen atoms in total. The molecule has 3 atom stereocenters. The summed E-state index contributed by atoms with van der Waals surface area (Å²) in [5.74, 6) is -1.60. The summed E-state index contributed by atoms with van der Waals surface area (Å²) in [6.07, 6.45) is 0.824. The largest absolute Gasteiger partial charge is 0.480 e. The number of nitrogens with zero attached hydrogens (tertiary/aromatic N) is 1. The number of likely N-dealkylation sites (tertiary alicyclic amines) is 1. The first kappa shape index (κ1) is 11.1. The minimum Gasteiger partial charge on any atom is -0.480 e. The maximum absolute atomic E-state index is 11.5. The number of hydrogen-bond donors (Lipinski definition) is 2. The Kier molecular flexibility index (Phi) is 2.67. The normalized spacial score (nSPS) is 35.4. The van der Waals surface area contributed by atoms with Crippen LogP contribution < -0.4 is 5.32 Å². The molecule has 0 spiro atoms. The topological polar surface area (TPSA) is 86.7 Å². The van der Waals surface area contributed by atoms with Gasteiger partial charge >= 0.3 is 5.97 Å². The van der Waals surface area contributed by atoms with Crippen LogP contribution in [-0.2, 0) is 14.4 Å². The molecule has 2 heterocycles. The van der Waals surface area contributed by atoms with Crippen molar-refractivity contribution in [2.75, 3.05) is 6.54 Å². The molecule has 0 aromatic heterocycles. The molecule has 2 amide bonds. The summed E-state index contributed by atoms with van der Waals surface area (Å²) in [7, 11) is 0. The Morgan fingerprint density at radius 3 is 2.69 bits per heavy atom. The minimum absolute atomic E-state index is 0.0148. The van der Waals surface area contributed by atoms with Gasteiger partial charge in [-0.1, -0.05) is 6.92 Å². The Labute approximate surface area is 92.6 Å². The van der Waals surface area contributed by atoms with Crippen LogP contribution >= 0.6 is 0 Å². The van der Waals surface area contributed by atoms with E-state index in [-0.39, 0.29) is 24.2 Å². The van der Waals surface area contributed by atoms with Crippen LogP contribution in [0.15, 0.2) is 0 Å². The monoisotopic (exact) mass is 226 g/mol. The summed E-state index contributed by atoms with van der Waals surface area (Å²) < 4.78 is 0. The van der Waals surface area contributed by atoms with Crippen molar-refractivity contribution in [3.63, 3.8) is 0 Å². The molecule has 0 aromatic rings. The smallest absolute Gasteiger partial charge is 0.321 e. The lowest BCUT2D eigenvalue weighted by atomic mass is 10.0. The van der Waals surface area contributed by atoms with E-state index in [1.165, 1.54) is 0 Å². The highest BCUT2D eigenvalue weighted by atomic mass is 16.4. The highest BCUT2D eigenvalue weighted by molar-refractivity contribution is 6.05. The van der Waals surface area contributed by atoms with Crippen molar-refractivity contribution in [2.24, 2.45) is 5.92 Å². The van der Waals surface area contributed by atoms with Gasteiger partial charge in [0, 0.05) is 6.54 Å². The molecule has 0 aromatic carbocycles. The number of carbonyl (C=O) groups is 3. The van der Waals surface area contributed by atoms with E-state index < -0.39 is 18.1 Å². The molecule has 0 bridgehead atoms. The lowest BCUT2D eigenvalue weighted by Gasteiger charge is -2.26. The molecule has 2 aliphatic rings. The molecular weight excluding hydrogens is 212 g/mol. The lowest BCUT2D eigenvalue weighted by molar-refractivity contribution is -0.145. The van der Waals surface area contributed by atoms with Crippen molar-refractivity contribution in [2.45, 2.75) is 31.8 Å². The van der Waals surface area contributed by atoms with Gasteiger partial charge in [-0.15, -0.1) is 0 Å². The summed E-state index contributed by atoms with van der Waals surface area (Å²) in [6, 6.07) is -1.25. The van der Waals surface area contributed by atoms with Crippen molar-refractivity contribution in [3.05, 3.63) is 0 Å². The Bertz CT molecular complexity index is 355. The molecule has 3 unspecified atom stereocenters. The van der Waals surface area contributed by atoms with Crippen LogP contribution in [0.1, 0.15) is 19.8 Å². The van der Waals surface area contributed by atoms with E-state index >= 15 is 0 Å². The standard InChI is InChI=1S/C10H14N2O4/c1-5-2-3-12(8(5)10(15)16)6-4-7(13)11-9(6)14/h5-6,8H,2-4H2,1H3,(H,15,16)(H,11,13,14). The highest BCUT2D eigenvalue weighted by Gasteiger charge is 2.45. The molecule has 88 valence electrons. The predicted molar refractivity (Wildman–Crippen MR) is 53.5 cm³/mol. The number of aliphatic carboxylic acids is 1. The fourth-order valence-corrected chi connectivity index (χ4v) is 2.52. The Hall–Kier alpha value is -1.43. The second kappa shape index (κ2) is 3.86. The number of rotatable bonds is 2. The quantitative estimate of drug-likeness (QED) is 0.602. The van der Waals surface area contributed by atoms with Crippen molar-refractivity contribution in [1.82, 2.24) is 10.2 Å². The molecule has 2 aliphatic heterocycles.